The van der Waals surface area contributed by atoms with Crippen molar-refractivity contribution in [3.63, 3.8) is 0 Å². The summed E-state index contributed by atoms with van der Waals surface area (Å²) in [5.74, 6) is 0. The molecule has 0 bridgehead atoms. The van der Waals surface area contributed by atoms with Crippen molar-refractivity contribution in [2.75, 3.05) is 26.7 Å². The molecule has 0 amide bonds. The van der Waals surface area contributed by atoms with Gasteiger partial charge in [0.15, 0.2) is 0 Å². The molecule has 76 valence electrons. The zero-order valence-electron chi connectivity index (χ0n) is 9.41. The molecule has 14 heavy (non-hydrogen) atoms. The van der Waals surface area contributed by atoms with E-state index in [0.29, 0.717) is 12.2 Å². The van der Waals surface area contributed by atoms with Crippen LogP contribution in [-0.2, 0) is 0 Å². The van der Waals surface area contributed by atoms with E-state index in [4.69, 9.17) is 0 Å². The van der Waals surface area contributed by atoms with Crippen molar-refractivity contribution in [2.24, 2.45) is 0 Å². The quantitative estimate of drug-likeness (QED) is 0.431. The first kappa shape index (κ1) is 12.5. The summed E-state index contributed by atoms with van der Waals surface area (Å²) in [4.78, 5) is 4.83. The predicted molar refractivity (Wildman–Crippen MR) is 50.2 cm³/mol. The van der Waals surface area contributed by atoms with E-state index in [1.54, 1.807) is 0 Å². The fourth-order valence-electron chi connectivity index (χ4n) is 2.74. The van der Waals surface area contributed by atoms with E-state index in [-0.39, 0.29) is 25.5 Å². The maximum Gasteiger partial charge on any atom is 1.00 e. The second-order valence-electron chi connectivity index (χ2n) is 4.30. The largest absolute Gasteiger partial charge is 1.00 e. The normalized spacial score (nSPS) is 34.7. The Kier molecular flexibility index (Phi) is 4.96. The average molecular weight is 190 g/mol. The Balaban J connectivity index is 0.000000980. The van der Waals surface area contributed by atoms with Crippen LogP contribution in [0, 0.1) is 0 Å². The van der Waals surface area contributed by atoms with Gasteiger partial charge in [-0.05, 0) is 51.9 Å². The second kappa shape index (κ2) is 5.53. The molecular formula is C10H19LiN2O. The number of rotatable bonds is 2. The molecule has 3 nitrogen and oxygen atoms in total. The van der Waals surface area contributed by atoms with Crippen molar-refractivity contribution in [1.82, 2.24) is 9.80 Å². The Hall–Kier alpha value is 0.477. The molecule has 4 heteroatoms. The molecule has 2 fully saturated rings. The number of hydrogen-bond donors (Lipinski definition) is 0. The smallest absolute Gasteiger partial charge is 0.853 e. The van der Waals surface area contributed by atoms with Crippen LogP contribution in [0.2, 0.25) is 0 Å². The molecule has 2 saturated heterocycles. The van der Waals surface area contributed by atoms with Crippen molar-refractivity contribution in [2.45, 2.75) is 37.9 Å². The molecule has 0 aromatic carbocycles. The molecule has 0 aromatic heterocycles. The van der Waals surface area contributed by atoms with Gasteiger partial charge in [-0.15, -0.1) is 6.61 Å². The van der Waals surface area contributed by atoms with Crippen LogP contribution in [0.25, 0.3) is 0 Å². The Morgan fingerprint density at radius 2 is 1.93 bits per heavy atom. The Labute approximate surface area is 98.6 Å². The van der Waals surface area contributed by atoms with Gasteiger partial charge in [-0.3, -0.25) is 9.80 Å². The minimum absolute atomic E-state index is 0. The van der Waals surface area contributed by atoms with Gasteiger partial charge >= 0.3 is 18.9 Å². The SMILES string of the molecule is CN1CCC[C@@H]1N1CCC[C@H]1C[O-].[Li+]. The second-order valence-corrected chi connectivity index (χ2v) is 4.30. The average Bonchev–Trinajstić information content (AvgIpc) is 2.71. The Morgan fingerprint density at radius 3 is 2.50 bits per heavy atom. The van der Waals surface area contributed by atoms with Crippen LogP contribution in [0.3, 0.4) is 0 Å². The monoisotopic (exact) mass is 190 g/mol. The van der Waals surface area contributed by atoms with Gasteiger partial charge in [0.25, 0.3) is 0 Å². The summed E-state index contributed by atoms with van der Waals surface area (Å²) in [5.41, 5.74) is 0. The molecular weight excluding hydrogens is 171 g/mol. The third kappa shape index (κ3) is 2.34. The molecule has 0 radical (unpaired) electrons. The topological polar surface area (TPSA) is 29.5 Å². The van der Waals surface area contributed by atoms with Crippen LogP contribution in [-0.4, -0.2) is 48.8 Å². The number of hydrogen-bond acceptors (Lipinski definition) is 3. The van der Waals surface area contributed by atoms with Gasteiger partial charge in [-0.2, -0.15) is 0 Å². The van der Waals surface area contributed by atoms with Crippen LogP contribution < -0.4 is 24.0 Å². The van der Waals surface area contributed by atoms with Gasteiger partial charge in [-0.25, -0.2) is 0 Å². The first-order valence-corrected chi connectivity index (χ1v) is 5.37. The van der Waals surface area contributed by atoms with Gasteiger partial charge in [0, 0.05) is 0 Å². The van der Waals surface area contributed by atoms with Crippen LogP contribution in [0.4, 0.5) is 0 Å². The summed E-state index contributed by atoms with van der Waals surface area (Å²) in [6.07, 6.45) is 5.46. The maximum absolute atomic E-state index is 10.9. The fraction of sp³-hybridized carbons (Fsp3) is 1.00. The van der Waals surface area contributed by atoms with E-state index in [2.05, 4.69) is 16.8 Å². The predicted octanol–water partition coefficient (Wildman–Crippen LogP) is -3.13. The van der Waals surface area contributed by atoms with Crippen LogP contribution >= 0.6 is 0 Å². The van der Waals surface area contributed by atoms with E-state index in [0.717, 1.165) is 13.0 Å². The van der Waals surface area contributed by atoms with Crippen LogP contribution in [0.15, 0.2) is 0 Å². The van der Waals surface area contributed by atoms with E-state index < -0.39 is 0 Å². The van der Waals surface area contributed by atoms with Gasteiger partial charge in [0.1, 0.15) is 0 Å². The van der Waals surface area contributed by atoms with Crippen molar-refractivity contribution >= 4 is 0 Å². The third-order valence-corrected chi connectivity index (χ3v) is 3.48. The van der Waals surface area contributed by atoms with Crippen molar-refractivity contribution < 1.29 is 24.0 Å². The molecule has 2 rings (SSSR count). The summed E-state index contributed by atoms with van der Waals surface area (Å²) in [6, 6.07) is 0.325. The number of likely N-dealkylation sites (tertiary alicyclic amines) is 2. The zero-order chi connectivity index (χ0) is 9.26. The maximum atomic E-state index is 10.9. The Morgan fingerprint density at radius 1 is 1.21 bits per heavy atom. The van der Waals surface area contributed by atoms with E-state index in [1.165, 1.54) is 25.8 Å². The van der Waals surface area contributed by atoms with Gasteiger partial charge in [0.2, 0.25) is 0 Å². The molecule has 0 N–H and O–H groups in total. The molecule has 2 aliphatic heterocycles. The summed E-state index contributed by atoms with van der Waals surface area (Å²) >= 11 is 0. The van der Waals surface area contributed by atoms with Crippen LogP contribution in [0.5, 0.6) is 0 Å². The molecule has 0 spiro atoms. The van der Waals surface area contributed by atoms with Gasteiger partial charge < -0.3 is 5.11 Å². The summed E-state index contributed by atoms with van der Waals surface area (Å²) in [7, 11) is 2.18. The van der Waals surface area contributed by atoms with Crippen molar-refractivity contribution in [3.8, 4) is 0 Å². The van der Waals surface area contributed by atoms with Crippen LogP contribution in [0.1, 0.15) is 25.7 Å². The minimum atomic E-state index is 0. The third-order valence-electron chi connectivity index (χ3n) is 3.48. The molecule has 2 atom stereocenters. The van der Waals surface area contributed by atoms with Gasteiger partial charge in [-0.1, -0.05) is 0 Å². The first-order valence-electron chi connectivity index (χ1n) is 5.37. The van der Waals surface area contributed by atoms with Gasteiger partial charge in [0.05, 0.1) is 6.17 Å². The zero-order valence-corrected chi connectivity index (χ0v) is 9.41. The van der Waals surface area contributed by atoms with E-state index in [9.17, 15) is 5.11 Å². The summed E-state index contributed by atoms with van der Waals surface area (Å²) in [6.45, 7) is 2.43. The fourth-order valence-corrected chi connectivity index (χ4v) is 2.74. The molecule has 2 aliphatic rings. The van der Waals surface area contributed by atoms with Crippen molar-refractivity contribution in [3.05, 3.63) is 0 Å². The summed E-state index contributed by atoms with van der Waals surface area (Å²) in [5, 5.41) is 10.9. The standard InChI is InChI=1S/C10H19N2O.Li/c1-11-6-3-5-10(11)12-7-2-4-9(12)8-13;/h9-10H,2-8H2,1H3;/q-1;+1/t9-,10-;/m0./s1. The van der Waals surface area contributed by atoms with E-state index in [1.807, 2.05) is 0 Å². The molecule has 0 aliphatic carbocycles. The van der Waals surface area contributed by atoms with E-state index >= 15 is 0 Å². The minimum Gasteiger partial charge on any atom is -0.853 e. The molecule has 0 unspecified atom stereocenters. The molecule has 0 aromatic rings. The number of nitrogens with zero attached hydrogens (tertiary/aromatic N) is 2. The first-order chi connectivity index (χ1) is 6.33. The summed E-state index contributed by atoms with van der Waals surface area (Å²) < 4.78 is 0. The van der Waals surface area contributed by atoms with Crippen molar-refractivity contribution in [1.29, 1.82) is 0 Å². The molecule has 2 heterocycles. The Bertz CT molecular complexity index is 180. The molecule has 0 saturated carbocycles.